The summed E-state index contributed by atoms with van der Waals surface area (Å²) in [5.41, 5.74) is 2.55. The van der Waals surface area contributed by atoms with Gasteiger partial charge in [0.25, 0.3) is 0 Å². The first kappa shape index (κ1) is 13.0. The number of nitrogens with one attached hydrogen (secondary N) is 2. The molecule has 0 saturated carbocycles. The molecular formula is C15H19N2O3+. The summed E-state index contributed by atoms with van der Waals surface area (Å²) in [5.74, 6) is 0.264. The lowest BCUT2D eigenvalue weighted by atomic mass is 9.99. The zero-order chi connectivity index (χ0) is 14.3. The summed E-state index contributed by atoms with van der Waals surface area (Å²) >= 11 is 0. The molecule has 20 heavy (non-hydrogen) atoms. The van der Waals surface area contributed by atoms with Crippen LogP contribution in [0.25, 0.3) is 11.0 Å². The molecule has 0 fully saturated rings. The Morgan fingerprint density at radius 2 is 2.20 bits per heavy atom. The smallest absolute Gasteiger partial charge is 0.360 e. The van der Waals surface area contributed by atoms with Crippen molar-refractivity contribution in [3.05, 3.63) is 33.7 Å². The molecule has 2 heterocycles. The van der Waals surface area contributed by atoms with E-state index in [1.165, 1.54) is 4.90 Å². The Kier molecular flexibility index (Phi) is 3.14. The normalized spacial score (nSPS) is 14.3. The van der Waals surface area contributed by atoms with E-state index >= 15 is 0 Å². The molecule has 0 spiro atoms. The molecule has 1 aromatic heterocycles. The predicted octanol–water partition coefficient (Wildman–Crippen LogP) is 0.501. The van der Waals surface area contributed by atoms with Gasteiger partial charge in [0.2, 0.25) is 0 Å². The van der Waals surface area contributed by atoms with E-state index in [4.69, 9.17) is 4.42 Å². The average Bonchev–Trinajstić information content (AvgIpc) is 2.41. The van der Waals surface area contributed by atoms with Gasteiger partial charge in [-0.25, -0.2) is 4.79 Å². The van der Waals surface area contributed by atoms with Gasteiger partial charge in [-0.3, -0.25) is 0 Å². The molecule has 0 saturated heterocycles. The maximum Gasteiger partial charge on any atom is 0.360 e. The van der Waals surface area contributed by atoms with Gasteiger partial charge in [-0.2, -0.15) is 0 Å². The predicted molar refractivity (Wildman–Crippen MR) is 77.5 cm³/mol. The van der Waals surface area contributed by atoms with Crippen molar-refractivity contribution in [1.82, 2.24) is 0 Å². The maximum absolute atomic E-state index is 12.0. The van der Waals surface area contributed by atoms with Gasteiger partial charge < -0.3 is 19.7 Å². The standard InChI is InChI=1S/C15H18N2O3/c1-17(2)8-9-6-13-11(7-12(9)18)10-4-3-5-16-14(10)15(19)20-13/h6-7,16,18H,3-5,8H2,1-2H3/p+1. The van der Waals surface area contributed by atoms with E-state index in [9.17, 15) is 9.90 Å². The summed E-state index contributed by atoms with van der Waals surface area (Å²) in [6.45, 7) is 1.47. The van der Waals surface area contributed by atoms with E-state index < -0.39 is 0 Å². The zero-order valence-corrected chi connectivity index (χ0v) is 11.7. The molecule has 0 radical (unpaired) electrons. The number of quaternary nitrogens is 1. The molecule has 1 aliphatic heterocycles. The SMILES string of the molecule is C[NH+](C)Cc1cc2oc(=O)c3c(c2cc1O)CCCN3. The van der Waals surface area contributed by atoms with Crippen LogP contribution in [-0.2, 0) is 13.0 Å². The summed E-state index contributed by atoms with van der Waals surface area (Å²) in [4.78, 5) is 13.2. The lowest BCUT2D eigenvalue weighted by molar-refractivity contribution is -0.872. The molecule has 5 heteroatoms. The van der Waals surface area contributed by atoms with Crippen molar-refractivity contribution in [1.29, 1.82) is 0 Å². The Labute approximate surface area is 116 Å². The molecule has 2 aromatic rings. The summed E-state index contributed by atoms with van der Waals surface area (Å²) in [7, 11) is 4.02. The van der Waals surface area contributed by atoms with Crippen LogP contribution in [0.5, 0.6) is 5.75 Å². The van der Waals surface area contributed by atoms with E-state index in [2.05, 4.69) is 5.32 Å². The number of benzene rings is 1. The molecule has 106 valence electrons. The lowest BCUT2D eigenvalue weighted by Crippen LogP contribution is -3.04. The number of phenols is 1. The highest BCUT2D eigenvalue weighted by molar-refractivity contribution is 5.87. The highest BCUT2D eigenvalue weighted by Crippen LogP contribution is 2.31. The average molecular weight is 275 g/mol. The van der Waals surface area contributed by atoms with Crippen molar-refractivity contribution in [2.45, 2.75) is 19.4 Å². The van der Waals surface area contributed by atoms with Crippen LogP contribution in [0.15, 0.2) is 21.3 Å². The van der Waals surface area contributed by atoms with Gasteiger partial charge in [0.1, 0.15) is 23.6 Å². The first-order valence-corrected chi connectivity index (χ1v) is 6.90. The minimum Gasteiger partial charge on any atom is -0.507 e. The van der Waals surface area contributed by atoms with Crippen LogP contribution in [-0.4, -0.2) is 25.7 Å². The van der Waals surface area contributed by atoms with Crippen LogP contribution < -0.4 is 15.8 Å². The Morgan fingerprint density at radius 3 is 2.95 bits per heavy atom. The van der Waals surface area contributed by atoms with E-state index in [0.717, 1.165) is 35.9 Å². The number of aromatic hydroxyl groups is 1. The van der Waals surface area contributed by atoms with Crippen LogP contribution in [0.3, 0.4) is 0 Å². The van der Waals surface area contributed by atoms with Crippen molar-refractivity contribution in [2.24, 2.45) is 0 Å². The summed E-state index contributed by atoms with van der Waals surface area (Å²) in [6, 6.07) is 3.51. The first-order valence-electron chi connectivity index (χ1n) is 6.90. The second-order valence-corrected chi connectivity index (χ2v) is 5.63. The number of rotatable bonds is 2. The molecule has 0 atom stereocenters. The number of anilines is 1. The zero-order valence-electron chi connectivity index (χ0n) is 11.7. The van der Waals surface area contributed by atoms with E-state index in [1.807, 2.05) is 14.1 Å². The Hall–Kier alpha value is -2.01. The minimum atomic E-state index is -0.318. The fourth-order valence-corrected chi connectivity index (χ4v) is 2.78. The molecule has 0 bridgehead atoms. The number of hydrogen-bond acceptors (Lipinski definition) is 4. The monoisotopic (exact) mass is 275 g/mol. The third kappa shape index (κ3) is 2.14. The minimum absolute atomic E-state index is 0.264. The summed E-state index contributed by atoms with van der Waals surface area (Å²) in [6.07, 6.45) is 1.82. The molecule has 1 aliphatic rings. The van der Waals surface area contributed by atoms with Gasteiger partial charge in [0.05, 0.1) is 19.7 Å². The number of hydrogen-bond donors (Lipinski definition) is 3. The highest BCUT2D eigenvalue weighted by atomic mass is 16.4. The third-order valence-corrected chi connectivity index (χ3v) is 3.66. The van der Waals surface area contributed by atoms with Crippen molar-refractivity contribution < 1.29 is 14.4 Å². The van der Waals surface area contributed by atoms with Crippen LogP contribution in [0.1, 0.15) is 17.5 Å². The molecular weight excluding hydrogens is 256 g/mol. The summed E-state index contributed by atoms with van der Waals surface area (Å²) < 4.78 is 5.40. The number of fused-ring (bicyclic) bond motifs is 3. The van der Waals surface area contributed by atoms with Crippen LogP contribution in [0, 0.1) is 0 Å². The second-order valence-electron chi connectivity index (χ2n) is 5.63. The quantitative estimate of drug-likeness (QED) is 0.698. The molecule has 0 aliphatic carbocycles. The molecule has 3 N–H and O–H groups in total. The Morgan fingerprint density at radius 1 is 1.40 bits per heavy atom. The molecule has 0 unspecified atom stereocenters. The van der Waals surface area contributed by atoms with Crippen molar-refractivity contribution in [2.75, 3.05) is 26.0 Å². The van der Waals surface area contributed by atoms with Crippen LogP contribution in [0.4, 0.5) is 5.69 Å². The van der Waals surface area contributed by atoms with Crippen molar-refractivity contribution >= 4 is 16.7 Å². The van der Waals surface area contributed by atoms with Gasteiger partial charge in [0.15, 0.2) is 0 Å². The fourth-order valence-electron chi connectivity index (χ4n) is 2.78. The topological polar surface area (TPSA) is 66.9 Å². The Balaban J connectivity index is 2.24. The van der Waals surface area contributed by atoms with E-state index in [1.54, 1.807) is 12.1 Å². The van der Waals surface area contributed by atoms with Crippen molar-refractivity contribution in [3.63, 3.8) is 0 Å². The maximum atomic E-state index is 12.0. The van der Waals surface area contributed by atoms with Crippen LogP contribution >= 0.6 is 0 Å². The molecule has 0 amide bonds. The summed E-state index contributed by atoms with van der Waals surface area (Å²) in [5, 5.41) is 14.1. The number of aryl methyl sites for hydroxylation is 1. The van der Waals surface area contributed by atoms with Gasteiger partial charge in [-0.05, 0) is 30.5 Å². The van der Waals surface area contributed by atoms with Gasteiger partial charge in [-0.15, -0.1) is 0 Å². The number of phenolic OH excluding ortho intramolecular Hbond substituents is 1. The van der Waals surface area contributed by atoms with E-state index in [-0.39, 0.29) is 11.4 Å². The second kappa shape index (κ2) is 4.83. The van der Waals surface area contributed by atoms with Gasteiger partial charge >= 0.3 is 5.63 Å². The highest BCUT2D eigenvalue weighted by Gasteiger charge is 2.19. The first-order chi connectivity index (χ1) is 9.56. The van der Waals surface area contributed by atoms with Crippen molar-refractivity contribution in [3.8, 4) is 5.75 Å². The third-order valence-electron chi connectivity index (χ3n) is 3.66. The molecule has 1 aromatic carbocycles. The largest absolute Gasteiger partial charge is 0.507 e. The van der Waals surface area contributed by atoms with Crippen LogP contribution in [0.2, 0.25) is 0 Å². The molecule has 3 rings (SSSR count). The Bertz CT molecular complexity index is 719. The van der Waals surface area contributed by atoms with Gasteiger partial charge in [0, 0.05) is 11.9 Å². The van der Waals surface area contributed by atoms with Gasteiger partial charge in [-0.1, -0.05) is 0 Å². The van der Waals surface area contributed by atoms with E-state index in [0.29, 0.717) is 17.8 Å². The molecule has 5 nitrogen and oxygen atoms in total. The lowest BCUT2D eigenvalue weighted by Gasteiger charge is -2.18. The fraction of sp³-hybridized carbons (Fsp3) is 0.400.